The average molecular weight is 220 g/mol. The molecule has 1 atom stereocenters. The molecule has 0 saturated carbocycles. The Kier molecular flexibility index (Phi) is 6.64. The third-order valence-corrected chi connectivity index (χ3v) is 2.07. The molecule has 0 aromatic heterocycles. The Morgan fingerprint density at radius 1 is 1.00 bits per heavy atom. The van der Waals surface area contributed by atoms with E-state index in [-0.39, 0.29) is 25.7 Å². The predicted octanol–water partition coefficient (Wildman–Crippen LogP) is 0.0330. The molecular weight excluding hydrogens is 204 g/mol. The quantitative estimate of drug-likeness (QED) is 0.429. The van der Waals surface area contributed by atoms with E-state index in [0.29, 0.717) is 6.42 Å². The summed E-state index contributed by atoms with van der Waals surface area (Å²) in [6.07, 6.45) is -0.810. The van der Waals surface area contributed by atoms with E-state index in [1.54, 1.807) is 0 Å². The number of carboxylic acids is 2. The van der Waals surface area contributed by atoms with Gasteiger partial charge in [0.25, 0.3) is 0 Å². The average Bonchev–Trinajstić information content (AvgIpc) is 2.09. The zero-order valence-corrected chi connectivity index (χ0v) is 8.30. The second-order valence-corrected chi connectivity index (χ2v) is 3.38. The van der Waals surface area contributed by atoms with Gasteiger partial charge >= 0.3 is 11.9 Å². The minimum Gasteiger partial charge on any atom is -0.481 e. The Hall–Kier alpha value is -1.14. The maximum absolute atomic E-state index is 10.7. The fourth-order valence-electron chi connectivity index (χ4n) is 1.24. The van der Waals surface area contributed by atoms with Crippen molar-refractivity contribution in [3.63, 3.8) is 0 Å². The van der Waals surface area contributed by atoms with E-state index in [2.05, 4.69) is 0 Å². The number of hydrogen-bond donors (Lipinski definition) is 4. The molecule has 15 heavy (non-hydrogen) atoms. The molecule has 0 aliphatic rings. The van der Waals surface area contributed by atoms with Gasteiger partial charge in [0.15, 0.2) is 6.29 Å². The molecule has 0 aromatic rings. The van der Waals surface area contributed by atoms with Crippen molar-refractivity contribution in [3.05, 3.63) is 0 Å². The van der Waals surface area contributed by atoms with Crippen LogP contribution in [-0.4, -0.2) is 38.7 Å². The summed E-state index contributed by atoms with van der Waals surface area (Å²) in [6, 6.07) is 0. The van der Waals surface area contributed by atoms with Crippen LogP contribution in [0.15, 0.2) is 0 Å². The summed E-state index contributed by atoms with van der Waals surface area (Å²) in [5.74, 6) is -2.79. The normalized spacial score (nSPS) is 12.7. The van der Waals surface area contributed by atoms with Gasteiger partial charge in [-0.25, -0.2) is 0 Å². The smallest absolute Gasteiger partial charge is 0.306 e. The van der Waals surface area contributed by atoms with Crippen LogP contribution in [0, 0.1) is 5.92 Å². The lowest BCUT2D eigenvalue weighted by atomic mass is 9.97. The Bertz CT molecular complexity index is 213. The highest BCUT2D eigenvalue weighted by atomic mass is 16.5. The van der Waals surface area contributed by atoms with Gasteiger partial charge in [0.1, 0.15) is 0 Å². The number of hydrogen-bond acceptors (Lipinski definition) is 4. The number of aliphatic carboxylic acids is 2. The van der Waals surface area contributed by atoms with Crippen LogP contribution in [-0.2, 0) is 9.59 Å². The monoisotopic (exact) mass is 220 g/mol. The highest BCUT2D eigenvalue weighted by Crippen LogP contribution is 2.15. The molecule has 0 rings (SSSR count). The molecule has 0 heterocycles. The van der Waals surface area contributed by atoms with Gasteiger partial charge in [0.05, 0.1) is 5.92 Å². The van der Waals surface area contributed by atoms with Crippen molar-refractivity contribution < 1.29 is 30.0 Å². The summed E-state index contributed by atoms with van der Waals surface area (Å²) in [5.41, 5.74) is 0. The molecule has 0 aliphatic carbocycles. The zero-order chi connectivity index (χ0) is 11.8. The fourth-order valence-corrected chi connectivity index (χ4v) is 1.24. The van der Waals surface area contributed by atoms with Crippen molar-refractivity contribution in [3.8, 4) is 0 Å². The Morgan fingerprint density at radius 3 is 2.00 bits per heavy atom. The van der Waals surface area contributed by atoms with Crippen LogP contribution in [0.3, 0.4) is 0 Å². The van der Waals surface area contributed by atoms with Crippen LogP contribution in [0.25, 0.3) is 0 Å². The lowest BCUT2D eigenvalue weighted by Crippen LogP contribution is -2.16. The third-order valence-electron chi connectivity index (χ3n) is 2.07. The second kappa shape index (κ2) is 7.19. The summed E-state index contributed by atoms with van der Waals surface area (Å²) in [4.78, 5) is 20.9. The van der Waals surface area contributed by atoms with Crippen molar-refractivity contribution in [2.45, 2.75) is 38.4 Å². The molecular formula is C9H16O6. The van der Waals surface area contributed by atoms with Crippen LogP contribution in [0.5, 0.6) is 0 Å². The summed E-state index contributed by atoms with van der Waals surface area (Å²) in [6.45, 7) is 0. The molecule has 1 unspecified atom stereocenters. The third kappa shape index (κ3) is 7.90. The van der Waals surface area contributed by atoms with E-state index in [0.717, 1.165) is 0 Å². The number of carboxylic acid groups (broad SMARTS) is 2. The Labute approximate surface area is 87.2 Å². The topological polar surface area (TPSA) is 115 Å². The van der Waals surface area contributed by atoms with E-state index in [4.69, 9.17) is 20.4 Å². The maximum Gasteiger partial charge on any atom is 0.306 e. The van der Waals surface area contributed by atoms with Gasteiger partial charge in [0.2, 0.25) is 0 Å². The minimum absolute atomic E-state index is 0.0756. The molecule has 0 radical (unpaired) electrons. The number of aliphatic hydroxyl groups excluding tert-OH is 1. The van der Waals surface area contributed by atoms with Gasteiger partial charge in [-0.2, -0.15) is 0 Å². The first kappa shape index (κ1) is 13.9. The molecule has 4 N–H and O–H groups in total. The lowest BCUT2D eigenvalue weighted by Gasteiger charge is -2.11. The molecule has 0 saturated heterocycles. The molecule has 0 amide bonds. The Morgan fingerprint density at radius 2 is 1.60 bits per heavy atom. The van der Waals surface area contributed by atoms with E-state index in [1.165, 1.54) is 0 Å². The van der Waals surface area contributed by atoms with E-state index in [9.17, 15) is 9.59 Å². The van der Waals surface area contributed by atoms with Crippen LogP contribution >= 0.6 is 0 Å². The Balaban J connectivity index is 3.84. The van der Waals surface area contributed by atoms with Crippen molar-refractivity contribution >= 4 is 11.9 Å². The first-order valence-electron chi connectivity index (χ1n) is 4.74. The van der Waals surface area contributed by atoms with E-state index in [1.807, 2.05) is 0 Å². The van der Waals surface area contributed by atoms with Crippen LogP contribution < -0.4 is 0 Å². The standard InChI is InChI=1S/C9H16O6/c10-7(11)3-1-2-6(9(14)15)4-5-8(12)13/h6-7,10-11H,1-5H2,(H,12,13)(H,14,15). The summed E-state index contributed by atoms with van der Waals surface area (Å²) < 4.78 is 0. The number of aliphatic hydroxyl groups is 2. The minimum atomic E-state index is -1.43. The largest absolute Gasteiger partial charge is 0.481 e. The molecule has 88 valence electrons. The molecule has 6 heteroatoms. The van der Waals surface area contributed by atoms with Gasteiger partial charge in [-0.15, -0.1) is 0 Å². The summed E-state index contributed by atoms with van der Waals surface area (Å²) in [5, 5.41) is 34.2. The molecule has 0 fully saturated rings. The second-order valence-electron chi connectivity index (χ2n) is 3.38. The molecule has 0 aliphatic heterocycles. The summed E-state index contributed by atoms with van der Waals surface area (Å²) >= 11 is 0. The summed E-state index contributed by atoms with van der Waals surface area (Å²) in [7, 11) is 0. The molecule has 0 spiro atoms. The first-order chi connectivity index (χ1) is 6.93. The van der Waals surface area contributed by atoms with Gasteiger partial charge in [-0.3, -0.25) is 9.59 Å². The number of rotatable bonds is 8. The van der Waals surface area contributed by atoms with Gasteiger partial charge in [0, 0.05) is 6.42 Å². The van der Waals surface area contributed by atoms with Crippen molar-refractivity contribution in [2.75, 3.05) is 0 Å². The first-order valence-corrected chi connectivity index (χ1v) is 4.74. The lowest BCUT2D eigenvalue weighted by molar-refractivity contribution is -0.143. The van der Waals surface area contributed by atoms with E-state index < -0.39 is 24.1 Å². The van der Waals surface area contributed by atoms with Crippen molar-refractivity contribution in [1.82, 2.24) is 0 Å². The predicted molar refractivity (Wildman–Crippen MR) is 50.1 cm³/mol. The molecule has 6 nitrogen and oxygen atoms in total. The zero-order valence-electron chi connectivity index (χ0n) is 8.30. The van der Waals surface area contributed by atoms with Crippen molar-refractivity contribution in [1.29, 1.82) is 0 Å². The van der Waals surface area contributed by atoms with Gasteiger partial charge in [-0.05, 0) is 25.7 Å². The molecule has 0 aromatic carbocycles. The van der Waals surface area contributed by atoms with E-state index >= 15 is 0 Å². The van der Waals surface area contributed by atoms with Crippen LogP contribution in [0.2, 0.25) is 0 Å². The maximum atomic E-state index is 10.7. The van der Waals surface area contributed by atoms with Crippen LogP contribution in [0.1, 0.15) is 32.1 Å². The molecule has 0 bridgehead atoms. The number of carbonyl (C=O) groups is 2. The van der Waals surface area contributed by atoms with Gasteiger partial charge < -0.3 is 20.4 Å². The van der Waals surface area contributed by atoms with Crippen LogP contribution in [0.4, 0.5) is 0 Å². The highest BCUT2D eigenvalue weighted by Gasteiger charge is 2.18. The SMILES string of the molecule is O=C(O)CCC(CCCC(O)O)C(=O)O. The highest BCUT2D eigenvalue weighted by molar-refractivity contribution is 5.72. The van der Waals surface area contributed by atoms with Gasteiger partial charge in [-0.1, -0.05) is 0 Å². The van der Waals surface area contributed by atoms with Crippen molar-refractivity contribution in [2.24, 2.45) is 5.92 Å². The fraction of sp³-hybridized carbons (Fsp3) is 0.778.